The van der Waals surface area contributed by atoms with Crippen molar-refractivity contribution in [3.8, 4) is 5.75 Å². The van der Waals surface area contributed by atoms with Crippen molar-refractivity contribution in [2.45, 2.75) is 36.9 Å². The average Bonchev–Trinajstić information content (AvgIpc) is 2.99. The number of nitrogens with zero attached hydrogens (tertiary/aromatic N) is 4. The second-order valence-electron chi connectivity index (χ2n) is 10.8. The fourth-order valence-corrected chi connectivity index (χ4v) is 7.20. The second-order valence-corrected chi connectivity index (χ2v) is 12.7. The normalized spacial score (nSPS) is 18.2. The molecule has 0 radical (unpaired) electrons. The molecule has 2 aliphatic heterocycles. The highest BCUT2D eigenvalue weighted by Gasteiger charge is 2.30. The van der Waals surface area contributed by atoms with Gasteiger partial charge in [0.15, 0.2) is 0 Å². The average molecular weight is 557 g/mol. The molecule has 0 amide bonds. The third-order valence-corrected chi connectivity index (χ3v) is 9.86. The van der Waals surface area contributed by atoms with E-state index in [1.807, 2.05) is 54.9 Å². The predicted molar refractivity (Wildman–Crippen MR) is 158 cm³/mol. The number of pyridine rings is 1. The van der Waals surface area contributed by atoms with E-state index in [1.165, 1.54) is 11.1 Å². The molecule has 6 rings (SSSR count). The van der Waals surface area contributed by atoms with Gasteiger partial charge in [0.2, 0.25) is 10.0 Å². The fraction of sp³-hybridized carbons (Fsp3) is 0.344. The highest BCUT2D eigenvalue weighted by atomic mass is 32.2. The van der Waals surface area contributed by atoms with E-state index in [9.17, 15) is 8.42 Å². The van der Waals surface area contributed by atoms with Crippen LogP contribution in [0.5, 0.6) is 5.75 Å². The van der Waals surface area contributed by atoms with Crippen LogP contribution < -0.4 is 4.74 Å². The molecule has 7 nitrogen and oxygen atoms in total. The Morgan fingerprint density at radius 2 is 1.43 bits per heavy atom. The number of piperazine rings is 1. The van der Waals surface area contributed by atoms with E-state index in [-0.39, 0.29) is 6.10 Å². The third-order valence-electron chi connectivity index (χ3n) is 7.96. The summed E-state index contributed by atoms with van der Waals surface area (Å²) in [6, 6.07) is 25.7. The molecule has 0 saturated carbocycles. The van der Waals surface area contributed by atoms with Gasteiger partial charge in [0.25, 0.3) is 0 Å². The number of sulfonamides is 1. The Morgan fingerprint density at radius 3 is 2.15 bits per heavy atom. The molecule has 2 saturated heterocycles. The molecule has 0 atom stereocenters. The lowest BCUT2D eigenvalue weighted by molar-refractivity contribution is 0.121. The van der Waals surface area contributed by atoms with Gasteiger partial charge in [0, 0.05) is 64.8 Å². The van der Waals surface area contributed by atoms with E-state index in [0.717, 1.165) is 55.8 Å². The Balaban J connectivity index is 0.995. The number of hydrogen-bond acceptors (Lipinski definition) is 6. The SMILES string of the molecule is O=S(=O)(c1ccc2ccccc2c1)N1CCC(Oc2cccc(CN3CCN(Cc4cccnc4)CC3)c2)CC1. The van der Waals surface area contributed by atoms with Crippen LogP contribution in [0.4, 0.5) is 0 Å². The number of rotatable bonds is 8. The Morgan fingerprint density at radius 1 is 0.725 bits per heavy atom. The number of ether oxygens (including phenoxy) is 1. The summed E-state index contributed by atoms with van der Waals surface area (Å²) in [4.78, 5) is 9.57. The molecular formula is C32H36N4O3S. The molecule has 3 aromatic carbocycles. The molecule has 0 bridgehead atoms. The molecular weight excluding hydrogens is 520 g/mol. The van der Waals surface area contributed by atoms with Crippen molar-refractivity contribution in [1.82, 2.24) is 19.1 Å². The zero-order valence-corrected chi connectivity index (χ0v) is 23.5. The molecule has 0 N–H and O–H groups in total. The van der Waals surface area contributed by atoms with E-state index in [4.69, 9.17) is 4.74 Å². The van der Waals surface area contributed by atoms with E-state index in [2.05, 4.69) is 39.0 Å². The second kappa shape index (κ2) is 12.1. The van der Waals surface area contributed by atoms with Crippen molar-refractivity contribution in [2.24, 2.45) is 0 Å². The Kier molecular flexibility index (Phi) is 8.11. The Bertz CT molecular complexity index is 1530. The summed E-state index contributed by atoms with van der Waals surface area (Å²) in [5, 5.41) is 1.98. The molecule has 8 heteroatoms. The van der Waals surface area contributed by atoms with Crippen LogP contribution in [0.1, 0.15) is 24.0 Å². The van der Waals surface area contributed by atoms with Crippen molar-refractivity contribution < 1.29 is 13.2 Å². The van der Waals surface area contributed by atoms with Gasteiger partial charge in [0.1, 0.15) is 11.9 Å². The lowest BCUT2D eigenvalue weighted by Crippen LogP contribution is -2.45. The zero-order chi connectivity index (χ0) is 27.4. The van der Waals surface area contributed by atoms with Crippen LogP contribution in [0.3, 0.4) is 0 Å². The molecule has 0 aliphatic carbocycles. The molecule has 0 unspecified atom stereocenters. The molecule has 1 aromatic heterocycles. The summed E-state index contributed by atoms with van der Waals surface area (Å²) in [7, 11) is -3.53. The van der Waals surface area contributed by atoms with E-state index in [1.54, 1.807) is 16.4 Å². The maximum atomic E-state index is 13.3. The maximum Gasteiger partial charge on any atom is 0.243 e. The summed E-state index contributed by atoms with van der Waals surface area (Å²) in [5.41, 5.74) is 2.51. The molecule has 2 fully saturated rings. The van der Waals surface area contributed by atoms with Crippen molar-refractivity contribution in [2.75, 3.05) is 39.3 Å². The van der Waals surface area contributed by atoms with Gasteiger partial charge in [-0.15, -0.1) is 0 Å². The number of fused-ring (bicyclic) bond motifs is 1. The number of hydrogen-bond donors (Lipinski definition) is 0. The first-order valence-electron chi connectivity index (χ1n) is 14.1. The zero-order valence-electron chi connectivity index (χ0n) is 22.7. The van der Waals surface area contributed by atoms with Gasteiger partial charge in [0.05, 0.1) is 4.90 Å². The van der Waals surface area contributed by atoms with Gasteiger partial charge in [-0.2, -0.15) is 4.31 Å². The standard InChI is InChI=1S/C32H36N4O3S/c37-40(38,32-11-10-28-7-1-2-8-29(28)22-32)36-15-12-30(13-16-36)39-31-9-3-5-26(21-31)24-34-17-19-35(20-18-34)25-27-6-4-14-33-23-27/h1-11,14,21-23,30H,12-13,15-20,24-25H2. The summed E-state index contributed by atoms with van der Waals surface area (Å²) in [5.74, 6) is 0.864. The minimum absolute atomic E-state index is 0.00863. The molecule has 0 spiro atoms. The van der Waals surface area contributed by atoms with Crippen LogP contribution in [0.25, 0.3) is 10.8 Å². The van der Waals surface area contributed by atoms with Crippen LogP contribution in [0, 0.1) is 0 Å². The lowest BCUT2D eigenvalue weighted by atomic mass is 10.1. The minimum Gasteiger partial charge on any atom is -0.490 e. The first kappa shape index (κ1) is 26.9. The van der Waals surface area contributed by atoms with Gasteiger partial charge >= 0.3 is 0 Å². The van der Waals surface area contributed by atoms with Gasteiger partial charge < -0.3 is 4.74 Å². The molecule has 208 valence electrons. The Hall–Kier alpha value is -3.30. The fourth-order valence-electron chi connectivity index (χ4n) is 5.69. The molecule has 40 heavy (non-hydrogen) atoms. The molecule has 3 heterocycles. The summed E-state index contributed by atoms with van der Waals surface area (Å²) < 4.78 is 34.6. The van der Waals surface area contributed by atoms with Crippen molar-refractivity contribution in [3.05, 3.63) is 102 Å². The van der Waals surface area contributed by atoms with Crippen molar-refractivity contribution >= 4 is 20.8 Å². The van der Waals surface area contributed by atoms with Crippen molar-refractivity contribution in [1.29, 1.82) is 0 Å². The first-order chi connectivity index (χ1) is 19.5. The van der Waals surface area contributed by atoms with Crippen LogP contribution in [-0.4, -0.2) is 72.9 Å². The van der Waals surface area contributed by atoms with E-state index >= 15 is 0 Å². The van der Waals surface area contributed by atoms with Crippen LogP contribution in [-0.2, 0) is 23.1 Å². The summed E-state index contributed by atoms with van der Waals surface area (Å²) >= 11 is 0. The highest BCUT2D eigenvalue weighted by Crippen LogP contribution is 2.27. The topological polar surface area (TPSA) is 66.0 Å². The van der Waals surface area contributed by atoms with Crippen molar-refractivity contribution in [3.63, 3.8) is 0 Å². The monoisotopic (exact) mass is 556 g/mol. The van der Waals surface area contributed by atoms with Gasteiger partial charge in [-0.25, -0.2) is 8.42 Å². The number of piperidine rings is 1. The third kappa shape index (κ3) is 6.36. The van der Waals surface area contributed by atoms with Crippen LogP contribution in [0.15, 0.2) is 96.2 Å². The number of aromatic nitrogens is 1. The largest absolute Gasteiger partial charge is 0.490 e. The molecule has 2 aliphatic rings. The Labute approximate surface area is 237 Å². The smallest absolute Gasteiger partial charge is 0.243 e. The molecule has 4 aromatic rings. The van der Waals surface area contributed by atoms with Gasteiger partial charge in [-0.3, -0.25) is 14.8 Å². The quantitative estimate of drug-likeness (QED) is 0.311. The lowest BCUT2D eigenvalue weighted by Gasteiger charge is -2.34. The first-order valence-corrected chi connectivity index (χ1v) is 15.6. The number of benzene rings is 3. The highest BCUT2D eigenvalue weighted by molar-refractivity contribution is 7.89. The van der Waals surface area contributed by atoms with Gasteiger partial charge in [-0.05, 0) is 65.1 Å². The van der Waals surface area contributed by atoms with Crippen LogP contribution >= 0.6 is 0 Å². The summed E-state index contributed by atoms with van der Waals surface area (Å²) in [6.07, 6.45) is 5.13. The van der Waals surface area contributed by atoms with Gasteiger partial charge in [-0.1, -0.05) is 48.5 Å². The van der Waals surface area contributed by atoms with E-state index in [0.29, 0.717) is 30.8 Å². The predicted octanol–water partition coefficient (Wildman–Crippen LogP) is 4.78. The van der Waals surface area contributed by atoms with Crippen LogP contribution in [0.2, 0.25) is 0 Å². The minimum atomic E-state index is -3.53. The summed E-state index contributed by atoms with van der Waals surface area (Å²) in [6.45, 7) is 6.95. The maximum absolute atomic E-state index is 13.3. The van der Waals surface area contributed by atoms with E-state index < -0.39 is 10.0 Å².